The van der Waals surface area contributed by atoms with E-state index in [0.717, 1.165) is 22.9 Å². The monoisotopic (exact) mass is 377 g/mol. The SMILES string of the molecule is Cc1ccc(Nc2ccc(C)cc2C2c3ccccc3Oc3ccccc32)cc1. The van der Waals surface area contributed by atoms with Gasteiger partial charge in [0.2, 0.25) is 0 Å². The van der Waals surface area contributed by atoms with Gasteiger partial charge in [-0.15, -0.1) is 0 Å². The molecule has 1 aliphatic heterocycles. The Morgan fingerprint density at radius 3 is 1.86 bits per heavy atom. The van der Waals surface area contributed by atoms with Gasteiger partial charge in [0, 0.05) is 28.4 Å². The zero-order valence-electron chi connectivity index (χ0n) is 16.6. The Morgan fingerprint density at radius 2 is 1.21 bits per heavy atom. The molecule has 1 aliphatic rings. The molecule has 0 fully saturated rings. The Morgan fingerprint density at radius 1 is 0.621 bits per heavy atom. The highest BCUT2D eigenvalue weighted by Crippen LogP contribution is 2.49. The number of ether oxygens (including phenoxy) is 1. The fourth-order valence-corrected chi connectivity index (χ4v) is 4.07. The Balaban J connectivity index is 1.68. The second-order valence-electron chi connectivity index (χ2n) is 7.69. The van der Waals surface area contributed by atoms with E-state index in [0.29, 0.717) is 0 Å². The van der Waals surface area contributed by atoms with Crippen LogP contribution in [0.4, 0.5) is 11.4 Å². The van der Waals surface area contributed by atoms with Gasteiger partial charge in [-0.1, -0.05) is 71.8 Å². The van der Waals surface area contributed by atoms with Crippen LogP contribution < -0.4 is 10.1 Å². The maximum atomic E-state index is 6.21. The lowest BCUT2D eigenvalue weighted by Gasteiger charge is -2.30. The fourth-order valence-electron chi connectivity index (χ4n) is 4.07. The van der Waals surface area contributed by atoms with Crippen molar-refractivity contribution in [2.45, 2.75) is 19.8 Å². The molecule has 142 valence electrons. The summed E-state index contributed by atoms with van der Waals surface area (Å²) in [5.74, 6) is 1.97. The first kappa shape index (κ1) is 17.6. The number of aryl methyl sites for hydroxylation is 2. The van der Waals surface area contributed by atoms with Gasteiger partial charge >= 0.3 is 0 Å². The number of hydrogen-bond acceptors (Lipinski definition) is 2. The van der Waals surface area contributed by atoms with Crippen LogP contribution in [0, 0.1) is 13.8 Å². The van der Waals surface area contributed by atoms with Crippen molar-refractivity contribution in [3.63, 3.8) is 0 Å². The Bertz CT molecular complexity index is 1130. The van der Waals surface area contributed by atoms with Gasteiger partial charge < -0.3 is 10.1 Å². The zero-order chi connectivity index (χ0) is 19.8. The number of hydrogen-bond donors (Lipinski definition) is 1. The van der Waals surface area contributed by atoms with Crippen LogP contribution >= 0.6 is 0 Å². The predicted octanol–water partition coefficient (Wildman–Crippen LogP) is 7.33. The number of fused-ring (bicyclic) bond motifs is 2. The number of anilines is 2. The first-order valence-corrected chi connectivity index (χ1v) is 9.99. The van der Waals surface area contributed by atoms with E-state index in [1.54, 1.807) is 0 Å². The number of nitrogens with one attached hydrogen (secondary N) is 1. The van der Waals surface area contributed by atoms with Gasteiger partial charge in [0.25, 0.3) is 0 Å². The lowest BCUT2D eigenvalue weighted by atomic mass is 9.81. The molecule has 0 saturated heterocycles. The minimum Gasteiger partial charge on any atom is -0.457 e. The molecule has 1 N–H and O–H groups in total. The molecule has 0 radical (unpaired) electrons. The molecular formula is C27H23NO. The highest BCUT2D eigenvalue weighted by Gasteiger charge is 2.29. The largest absolute Gasteiger partial charge is 0.457 e. The summed E-state index contributed by atoms with van der Waals surface area (Å²) in [6.45, 7) is 4.26. The van der Waals surface area contributed by atoms with Crippen molar-refractivity contribution in [1.29, 1.82) is 0 Å². The lowest BCUT2D eigenvalue weighted by molar-refractivity contribution is 0.453. The molecule has 0 spiro atoms. The average Bonchev–Trinajstić information content (AvgIpc) is 2.75. The molecule has 4 aromatic carbocycles. The molecule has 0 unspecified atom stereocenters. The summed E-state index contributed by atoms with van der Waals surface area (Å²) >= 11 is 0. The van der Waals surface area contributed by atoms with Crippen LogP contribution in [-0.2, 0) is 0 Å². The van der Waals surface area contributed by atoms with E-state index in [1.165, 1.54) is 27.8 Å². The minimum absolute atomic E-state index is 0.115. The van der Waals surface area contributed by atoms with Crippen LogP contribution in [0.15, 0.2) is 91.0 Å². The van der Waals surface area contributed by atoms with Crippen LogP contribution in [-0.4, -0.2) is 0 Å². The van der Waals surface area contributed by atoms with Gasteiger partial charge in [-0.3, -0.25) is 0 Å². The fraction of sp³-hybridized carbons (Fsp3) is 0.111. The smallest absolute Gasteiger partial charge is 0.131 e. The molecule has 0 aromatic heterocycles. The predicted molar refractivity (Wildman–Crippen MR) is 120 cm³/mol. The topological polar surface area (TPSA) is 21.3 Å². The Labute approximate surface area is 171 Å². The van der Waals surface area contributed by atoms with Crippen LogP contribution in [0.1, 0.15) is 33.7 Å². The van der Waals surface area contributed by atoms with Crippen molar-refractivity contribution in [3.8, 4) is 11.5 Å². The Kier molecular flexibility index (Phi) is 4.33. The van der Waals surface area contributed by atoms with E-state index in [-0.39, 0.29) is 5.92 Å². The maximum Gasteiger partial charge on any atom is 0.131 e. The second-order valence-corrected chi connectivity index (χ2v) is 7.69. The molecule has 2 heteroatoms. The third kappa shape index (κ3) is 3.27. The molecule has 29 heavy (non-hydrogen) atoms. The van der Waals surface area contributed by atoms with Crippen LogP contribution in [0.3, 0.4) is 0 Å². The first-order valence-electron chi connectivity index (χ1n) is 9.99. The second kappa shape index (κ2) is 7.14. The summed E-state index contributed by atoms with van der Waals surface area (Å²) in [6.07, 6.45) is 0. The van der Waals surface area contributed by atoms with Crippen molar-refractivity contribution < 1.29 is 4.74 Å². The summed E-state index contributed by atoms with van der Waals surface area (Å²) < 4.78 is 6.21. The molecular weight excluding hydrogens is 354 g/mol. The van der Waals surface area contributed by atoms with E-state index in [9.17, 15) is 0 Å². The summed E-state index contributed by atoms with van der Waals surface area (Å²) in [7, 11) is 0. The van der Waals surface area contributed by atoms with Crippen molar-refractivity contribution in [3.05, 3.63) is 119 Å². The third-order valence-electron chi connectivity index (χ3n) is 5.53. The Hall–Kier alpha value is -3.52. The molecule has 0 bridgehead atoms. The molecule has 2 nitrogen and oxygen atoms in total. The van der Waals surface area contributed by atoms with Gasteiger partial charge in [-0.2, -0.15) is 0 Å². The van der Waals surface area contributed by atoms with E-state index in [1.807, 2.05) is 12.1 Å². The molecule has 0 saturated carbocycles. The molecule has 5 rings (SSSR count). The summed E-state index contributed by atoms with van der Waals surface area (Å²) in [5.41, 5.74) is 8.37. The van der Waals surface area contributed by atoms with Gasteiger partial charge in [0.05, 0.1) is 0 Å². The van der Waals surface area contributed by atoms with E-state index >= 15 is 0 Å². The zero-order valence-corrected chi connectivity index (χ0v) is 16.6. The quantitative estimate of drug-likeness (QED) is 0.355. The first-order chi connectivity index (χ1) is 14.2. The van der Waals surface area contributed by atoms with E-state index in [2.05, 4.69) is 98.0 Å². The number of benzene rings is 4. The maximum absolute atomic E-state index is 6.21. The van der Waals surface area contributed by atoms with Gasteiger partial charge in [0.15, 0.2) is 0 Å². The number of para-hydroxylation sites is 2. The standard InChI is InChI=1S/C27H23NO/c1-18-11-14-20(15-12-18)28-24-16-13-19(2)17-23(24)27-21-7-3-5-9-25(21)29-26-10-6-4-8-22(26)27/h3-17,27-28H,1-2H3. The highest BCUT2D eigenvalue weighted by atomic mass is 16.5. The molecule has 1 heterocycles. The summed E-state index contributed by atoms with van der Waals surface area (Å²) in [5, 5.41) is 3.65. The van der Waals surface area contributed by atoms with Crippen LogP contribution in [0.2, 0.25) is 0 Å². The van der Waals surface area contributed by atoms with Crippen LogP contribution in [0.25, 0.3) is 0 Å². The van der Waals surface area contributed by atoms with E-state index in [4.69, 9.17) is 4.74 Å². The summed E-state index contributed by atoms with van der Waals surface area (Å²) in [6, 6.07) is 31.9. The van der Waals surface area contributed by atoms with E-state index < -0.39 is 0 Å². The van der Waals surface area contributed by atoms with Crippen molar-refractivity contribution >= 4 is 11.4 Å². The molecule has 4 aromatic rings. The minimum atomic E-state index is 0.115. The van der Waals surface area contributed by atoms with Crippen molar-refractivity contribution in [2.24, 2.45) is 0 Å². The van der Waals surface area contributed by atoms with Crippen molar-refractivity contribution in [1.82, 2.24) is 0 Å². The van der Waals surface area contributed by atoms with Gasteiger partial charge in [0.1, 0.15) is 11.5 Å². The van der Waals surface area contributed by atoms with Crippen LogP contribution in [0.5, 0.6) is 11.5 Å². The lowest BCUT2D eigenvalue weighted by Crippen LogP contribution is -2.13. The molecule has 0 aliphatic carbocycles. The van der Waals surface area contributed by atoms with Crippen molar-refractivity contribution in [2.75, 3.05) is 5.32 Å². The molecule has 0 amide bonds. The molecule has 0 atom stereocenters. The highest BCUT2D eigenvalue weighted by molar-refractivity contribution is 5.70. The summed E-state index contributed by atoms with van der Waals surface area (Å²) in [4.78, 5) is 0. The third-order valence-corrected chi connectivity index (χ3v) is 5.53. The van der Waals surface area contributed by atoms with Gasteiger partial charge in [-0.25, -0.2) is 0 Å². The number of rotatable bonds is 3. The average molecular weight is 377 g/mol. The normalized spacial score (nSPS) is 12.6. The van der Waals surface area contributed by atoms with Gasteiger partial charge in [-0.05, 0) is 49.7 Å².